The lowest BCUT2D eigenvalue weighted by molar-refractivity contribution is -0.119. The molecule has 0 radical (unpaired) electrons. The average molecular weight is 209 g/mol. The Bertz CT molecular complexity index is 459. The number of rotatable bonds is 3. The van der Waals surface area contributed by atoms with Crippen LogP contribution in [0.15, 0.2) is 17.6 Å². The van der Waals surface area contributed by atoms with Crippen LogP contribution in [0.4, 0.5) is 0 Å². The number of H-pyrrole nitrogens is 1. The molecule has 0 fully saturated rings. The number of nitrogens with two attached hydrogens (primary N) is 2. The maximum atomic E-state index is 10.8. The zero-order valence-electron chi connectivity index (χ0n) is 7.49. The van der Waals surface area contributed by atoms with Gasteiger partial charge in [-0.2, -0.15) is 0 Å². The third-order valence-electron chi connectivity index (χ3n) is 2.16. The number of nitrogens with one attached hydrogen (secondary N) is 1. The van der Waals surface area contributed by atoms with E-state index in [0.29, 0.717) is 6.42 Å². The number of amides is 1. The van der Waals surface area contributed by atoms with E-state index in [9.17, 15) is 4.79 Å². The van der Waals surface area contributed by atoms with Crippen LogP contribution in [-0.4, -0.2) is 16.9 Å². The SMILES string of the molecule is NC(=O)[C@@H](N)Cc1c[nH]c2ccsc12. The first-order valence-corrected chi connectivity index (χ1v) is 5.15. The lowest BCUT2D eigenvalue weighted by Gasteiger charge is -2.04. The van der Waals surface area contributed by atoms with Crippen molar-refractivity contribution >= 4 is 27.5 Å². The minimum Gasteiger partial charge on any atom is -0.368 e. The number of hydrogen-bond acceptors (Lipinski definition) is 3. The molecule has 1 atom stereocenters. The third kappa shape index (κ3) is 1.51. The molecule has 2 rings (SSSR count). The van der Waals surface area contributed by atoms with Gasteiger partial charge in [0.1, 0.15) is 0 Å². The number of aromatic amines is 1. The van der Waals surface area contributed by atoms with Crippen molar-refractivity contribution in [2.75, 3.05) is 0 Å². The average Bonchev–Trinajstić information content (AvgIpc) is 2.69. The van der Waals surface area contributed by atoms with Gasteiger partial charge < -0.3 is 16.5 Å². The smallest absolute Gasteiger partial charge is 0.234 e. The second-order valence-electron chi connectivity index (χ2n) is 3.19. The number of thiophene rings is 1. The summed E-state index contributed by atoms with van der Waals surface area (Å²) in [6.07, 6.45) is 2.37. The minimum absolute atomic E-state index is 0.462. The number of aromatic nitrogens is 1. The van der Waals surface area contributed by atoms with Crippen LogP contribution in [0.5, 0.6) is 0 Å². The molecule has 5 heteroatoms. The fourth-order valence-corrected chi connectivity index (χ4v) is 2.28. The number of carbonyl (C=O) groups is 1. The molecule has 0 aliphatic rings. The molecule has 0 aliphatic carbocycles. The van der Waals surface area contributed by atoms with Gasteiger partial charge in [-0.25, -0.2) is 0 Å². The molecule has 0 unspecified atom stereocenters. The zero-order valence-corrected chi connectivity index (χ0v) is 8.30. The Balaban J connectivity index is 2.27. The molecule has 2 aromatic heterocycles. The van der Waals surface area contributed by atoms with E-state index in [2.05, 4.69) is 4.98 Å². The summed E-state index contributed by atoms with van der Waals surface area (Å²) in [5, 5.41) is 2.00. The molecule has 4 nitrogen and oxygen atoms in total. The maximum absolute atomic E-state index is 10.8. The van der Waals surface area contributed by atoms with Gasteiger partial charge in [-0.1, -0.05) is 0 Å². The van der Waals surface area contributed by atoms with Crippen LogP contribution in [0.1, 0.15) is 5.56 Å². The number of primary amides is 1. The van der Waals surface area contributed by atoms with Gasteiger partial charge in [0, 0.05) is 6.20 Å². The van der Waals surface area contributed by atoms with Crippen molar-refractivity contribution in [3.63, 3.8) is 0 Å². The molecule has 0 spiro atoms. The first-order chi connectivity index (χ1) is 6.68. The Kier molecular flexibility index (Phi) is 2.26. The predicted molar refractivity (Wildman–Crippen MR) is 57.0 cm³/mol. The quantitative estimate of drug-likeness (QED) is 0.691. The highest BCUT2D eigenvalue weighted by atomic mass is 32.1. The Morgan fingerprint density at radius 3 is 3.14 bits per heavy atom. The first kappa shape index (κ1) is 9.23. The first-order valence-electron chi connectivity index (χ1n) is 4.27. The number of hydrogen-bond donors (Lipinski definition) is 3. The zero-order chi connectivity index (χ0) is 10.1. The predicted octanol–water partition coefficient (Wildman–Crippen LogP) is 0.585. The summed E-state index contributed by atoms with van der Waals surface area (Å²) in [5.41, 5.74) is 12.8. The van der Waals surface area contributed by atoms with Crippen molar-refractivity contribution in [3.8, 4) is 0 Å². The van der Waals surface area contributed by atoms with Crippen LogP contribution in [0.25, 0.3) is 10.2 Å². The summed E-state index contributed by atoms with van der Waals surface area (Å²) in [6, 6.07) is 1.40. The van der Waals surface area contributed by atoms with Gasteiger partial charge in [0.25, 0.3) is 0 Å². The molecule has 2 heterocycles. The van der Waals surface area contributed by atoms with Crippen LogP contribution in [0.3, 0.4) is 0 Å². The minimum atomic E-state index is -0.601. The van der Waals surface area contributed by atoms with Gasteiger partial charge in [-0.15, -0.1) is 11.3 Å². The second kappa shape index (κ2) is 3.43. The van der Waals surface area contributed by atoms with E-state index in [4.69, 9.17) is 11.5 Å². The monoisotopic (exact) mass is 209 g/mol. The summed E-state index contributed by atoms with van der Waals surface area (Å²) in [5.74, 6) is -0.462. The normalized spacial score (nSPS) is 13.2. The van der Waals surface area contributed by atoms with Crippen molar-refractivity contribution in [2.24, 2.45) is 11.5 Å². The molecular formula is C9H11N3OS. The summed E-state index contributed by atoms with van der Waals surface area (Å²) in [7, 11) is 0. The van der Waals surface area contributed by atoms with Gasteiger partial charge in [-0.3, -0.25) is 4.79 Å². The fraction of sp³-hybridized carbons (Fsp3) is 0.222. The van der Waals surface area contributed by atoms with Crippen molar-refractivity contribution in [1.82, 2.24) is 4.98 Å². The van der Waals surface area contributed by atoms with Gasteiger partial charge in [0.15, 0.2) is 0 Å². The van der Waals surface area contributed by atoms with Crippen molar-refractivity contribution in [1.29, 1.82) is 0 Å². The van der Waals surface area contributed by atoms with Gasteiger partial charge in [0.05, 0.1) is 16.3 Å². The van der Waals surface area contributed by atoms with E-state index < -0.39 is 11.9 Å². The van der Waals surface area contributed by atoms with E-state index in [1.807, 2.05) is 17.6 Å². The molecule has 1 amide bonds. The van der Waals surface area contributed by atoms with E-state index in [0.717, 1.165) is 15.8 Å². The van der Waals surface area contributed by atoms with Crippen LogP contribution in [0.2, 0.25) is 0 Å². The Labute approximate surface area is 84.9 Å². The Hall–Kier alpha value is -1.33. The highest BCUT2D eigenvalue weighted by Gasteiger charge is 2.13. The van der Waals surface area contributed by atoms with Crippen LogP contribution in [0, 0.1) is 0 Å². The lowest BCUT2D eigenvalue weighted by atomic mass is 10.1. The van der Waals surface area contributed by atoms with Crippen LogP contribution in [-0.2, 0) is 11.2 Å². The molecule has 0 aliphatic heterocycles. The molecule has 14 heavy (non-hydrogen) atoms. The molecular weight excluding hydrogens is 198 g/mol. The van der Waals surface area contributed by atoms with E-state index in [1.165, 1.54) is 0 Å². The molecule has 0 saturated heterocycles. The third-order valence-corrected chi connectivity index (χ3v) is 3.15. The topological polar surface area (TPSA) is 84.9 Å². The summed E-state index contributed by atoms with van der Waals surface area (Å²) >= 11 is 1.64. The van der Waals surface area contributed by atoms with Crippen LogP contribution >= 0.6 is 11.3 Å². The van der Waals surface area contributed by atoms with Crippen molar-refractivity contribution < 1.29 is 4.79 Å². The highest BCUT2D eigenvalue weighted by molar-refractivity contribution is 7.17. The van der Waals surface area contributed by atoms with Gasteiger partial charge in [0.2, 0.25) is 5.91 Å². The summed E-state index contributed by atoms with van der Waals surface area (Å²) in [6.45, 7) is 0. The lowest BCUT2D eigenvalue weighted by Crippen LogP contribution is -2.38. The maximum Gasteiger partial charge on any atom is 0.234 e. The molecule has 0 aromatic carbocycles. The van der Waals surface area contributed by atoms with Crippen LogP contribution < -0.4 is 11.5 Å². The second-order valence-corrected chi connectivity index (χ2v) is 4.11. The van der Waals surface area contributed by atoms with E-state index in [-0.39, 0.29) is 0 Å². The number of carbonyl (C=O) groups excluding carboxylic acids is 1. The summed E-state index contributed by atoms with van der Waals surface area (Å²) in [4.78, 5) is 13.9. The van der Waals surface area contributed by atoms with E-state index >= 15 is 0 Å². The molecule has 0 bridgehead atoms. The molecule has 2 aromatic rings. The molecule has 0 saturated carbocycles. The van der Waals surface area contributed by atoms with Gasteiger partial charge in [-0.05, 0) is 23.4 Å². The number of fused-ring (bicyclic) bond motifs is 1. The largest absolute Gasteiger partial charge is 0.368 e. The highest BCUT2D eigenvalue weighted by Crippen LogP contribution is 2.24. The van der Waals surface area contributed by atoms with Crippen molar-refractivity contribution in [2.45, 2.75) is 12.5 Å². The molecule has 74 valence electrons. The Morgan fingerprint density at radius 1 is 1.64 bits per heavy atom. The summed E-state index contributed by atoms with van der Waals surface area (Å²) < 4.78 is 1.15. The van der Waals surface area contributed by atoms with E-state index in [1.54, 1.807) is 11.3 Å². The standard InChI is InChI=1S/C9H11N3OS/c10-6(9(11)13)3-5-4-12-7-1-2-14-8(5)7/h1-2,4,6,12H,3,10H2,(H2,11,13)/t6-/m0/s1. The molecule has 5 N–H and O–H groups in total. The van der Waals surface area contributed by atoms with Crippen molar-refractivity contribution in [3.05, 3.63) is 23.2 Å². The Morgan fingerprint density at radius 2 is 2.43 bits per heavy atom. The van der Waals surface area contributed by atoms with Gasteiger partial charge >= 0.3 is 0 Å². The fourth-order valence-electron chi connectivity index (χ4n) is 1.39.